The number of imidazole rings is 1. The number of benzene rings is 1. The Labute approximate surface area is 218 Å². The molecule has 0 saturated heterocycles. The maximum Gasteiger partial charge on any atom is 0.328 e. The largest absolute Gasteiger partial charge is 0.464 e. The molecule has 0 unspecified atom stereocenters. The molecule has 1 atom stereocenters. The first-order valence-corrected chi connectivity index (χ1v) is 13.4. The molecule has 1 aromatic carbocycles. The Morgan fingerprint density at radius 1 is 1.14 bits per heavy atom. The molecule has 7 nitrogen and oxygen atoms in total. The third-order valence-electron chi connectivity index (χ3n) is 7.59. The second-order valence-corrected chi connectivity index (χ2v) is 11.3. The monoisotopic (exact) mass is 500 g/mol. The maximum absolute atomic E-state index is 12.9. The summed E-state index contributed by atoms with van der Waals surface area (Å²) in [4.78, 5) is 34.9. The van der Waals surface area contributed by atoms with Crippen LogP contribution in [-0.2, 0) is 26.2 Å². The molecule has 2 heterocycles. The number of hydrogen-bond donors (Lipinski definition) is 1. The van der Waals surface area contributed by atoms with Gasteiger partial charge in [0.1, 0.15) is 17.4 Å². The zero-order valence-electron chi connectivity index (χ0n) is 22.2. The summed E-state index contributed by atoms with van der Waals surface area (Å²) in [6, 6.07) is 11.5. The van der Waals surface area contributed by atoms with E-state index in [0.717, 1.165) is 66.0 Å². The lowest BCUT2D eigenvalue weighted by molar-refractivity contribution is -0.146. The molecule has 2 aliphatic carbocycles. The first kappa shape index (κ1) is 25.2. The third kappa shape index (κ3) is 4.67. The first-order valence-electron chi connectivity index (χ1n) is 13.4. The van der Waals surface area contributed by atoms with Crippen molar-refractivity contribution in [2.24, 2.45) is 5.41 Å². The molecule has 194 valence electrons. The van der Waals surface area contributed by atoms with Gasteiger partial charge in [0.15, 0.2) is 11.4 Å². The second kappa shape index (κ2) is 9.77. The Hall–Kier alpha value is -3.48. The summed E-state index contributed by atoms with van der Waals surface area (Å²) in [7, 11) is 0. The summed E-state index contributed by atoms with van der Waals surface area (Å²) < 4.78 is 7.51. The fraction of sp³-hybridized carbons (Fsp3) is 0.467. The van der Waals surface area contributed by atoms with Crippen LogP contribution in [0.5, 0.6) is 0 Å². The van der Waals surface area contributed by atoms with Gasteiger partial charge in [-0.1, -0.05) is 52.2 Å². The van der Waals surface area contributed by atoms with Crippen molar-refractivity contribution in [3.8, 4) is 5.69 Å². The van der Waals surface area contributed by atoms with Crippen LogP contribution in [0.4, 0.5) is 0 Å². The highest BCUT2D eigenvalue weighted by atomic mass is 16.5. The summed E-state index contributed by atoms with van der Waals surface area (Å²) in [5.74, 6) is 0.842. The lowest BCUT2D eigenvalue weighted by atomic mass is 9.62. The van der Waals surface area contributed by atoms with E-state index in [4.69, 9.17) is 9.72 Å². The number of hydrogen-bond acceptors (Lipinski definition) is 6. The quantitative estimate of drug-likeness (QED) is 0.449. The predicted octanol–water partition coefficient (Wildman–Crippen LogP) is 5.20. The third-order valence-corrected chi connectivity index (χ3v) is 7.59. The van der Waals surface area contributed by atoms with Crippen LogP contribution in [0.3, 0.4) is 0 Å². The Balaban J connectivity index is 1.41. The summed E-state index contributed by atoms with van der Waals surface area (Å²) in [6.07, 6.45) is 8.90. The van der Waals surface area contributed by atoms with Crippen molar-refractivity contribution < 1.29 is 14.3 Å². The predicted molar refractivity (Wildman–Crippen MR) is 143 cm³/mol. The van der Waals surface area contributed by atoms with Crippen molar-refractivity contribution in [2.45, 2.75) is 77.7 Å². The van der Waals surface area contributed by atoms with Crippen LogP contribution < -0.4 is 5.32 Å². The number of pyridine rings is 1. The summed E-state index contributed by atoms with van der Waals surface area (Å²) in [6.45, 7) is 8.57. The van der Waals surface area contributed by atoms with Gasteiger partial charge >= 0.3 is 5.97 Å². The summed E-state index contributed by atoms with van der Waals surface area (Å²) >= 11 is 0. The molecule has 0 aliphatic heterocycles. The fourth-order valence-corrected chi connectivity index (χ4v) is 5.61. The van der Waals surface area contributed by atoms with E-state index in [1.807, 2.05) is 31.2 Å². The first-order chi connectivity index (χ1) is 17.7. The highest BCUT2D eigenvalue weighted by Gasteiger charge is 2.49. The zero-order valence-corrected chi connectivity index (χ0v) is 22.2. The molecule has 0 bridgehead atoms. The molecule has 7 heteroatoms. The summed E-state index contributed by atoms with van der Waals surface area (Å²) in [5.41, 5.74) is 3.98. The van der Waals surface area contributed by atoms with Crippen LogP contribution in [0.1, 0.15) is 71.2 Å². The average Bonchev–Trinajstić information content (AvgIpc) is 3.29. The Kier molecular flexibility index (Phi) is 6.65. The molecular weight excluding hydrogens is 464 g/mol. The van der Waals surface area contributed by atoms with Crippen LogP contribution in [0.15, 0.2) is 54.4 Å². The van der Waals surface area contributed by atoms with Crippen molar-refractivity contribution in [1.82, 2.24) is 19.9 Å². The Bertz CT molecular complexity index is 1340. The molecule has 2 aromatic heterocycles. The van der Waals surface area contributed by atoms with Crippen molar-refractivity contribution in [3.05, 3.63) is 65.8 Å². The van der Waals surface area contributed by atoms with Gasteiger partial charge in [-0.2, -0.15) is 0 Å². The van der Waals surface area contributed by atoms with Crippen LogP contribution in [-0.4, -0.2) is 38.9 Å². The highest BCUT2D eigenvalue weighted by molar-refractivity contribution is 6.05. The van der Waals surface area contributed by atoms with E-state index in [1.54, 1.807) is 12.3 Å². The van der Waals surface area contributed by atoms with E-state index in [1.165, 1.54) is 0 Å². The van der Waals surface area contributed by atoms with Crippen LogP contribution in [0.2, 0.25) is 0 Å². The van der Waals surface area contributed by atoms with Gasteiger partial charge in [-0.05, 0) is 49.6 Å². The molecule has 5 rings (SSSR count). The van der Waals surface area contributed by atoms with Gasteiger partial charge in [-0.15, -0.1) is 0 Å². The van der Waals surface area contributed by atoms with Gasteiger partial charge in [0.05, 0.1) is 12.0 Å². The minimum atomic E-state index is -0.551. The molecule has 1 spiro atoms. The molecule has 37 heavy (non-hydrogen) atoms. The number of allylic oxidation sites excluding steroid dienone is 2. The topological polar surface area (TPSA) is 86.1 Å². The second-order valence-electron chi connectivity index (χ2n) is 11.3. The number of ketones is 1. The minimum absolute atomic E-state index is 0.165. The molecule has 1 saturated carbocycles. The number of aromatic nitrogens is 3. The zero-order chi connectivity index (χ0) is 26.2. The van der Waals surface area contributed by atoms with E-state index in [2.05, 4.69) is 47.8 Å². The van der Waals surface area contributed by atoms with Gasteiger partial charge in [0.2, 0.25) is 0 Å². The molecular formula is C30H36N4O3. The van der Waals surface area contributed by atoms with E-state index in [9.17, 15) is 9.59 Å². The molecule has 1 fully saturated rings. The standard InChI is InChI=1S/C30H36N4O3/c1-5-37-27(36)23(32-24-19-25(35)30(24)15-7-6-8-16-30)18-20-11-13-21(14-12-20)34-26-22(10-9-17-31-26)33-28(34)29(2,3)4/h9-14,17,19,23,32H,5-8,15-16,18H2,1-4H3/t23-/m0/s1. The van der Waals surface area contributed by atoms with Gasteiger partial charge in [-0.3, -0.25) is 9.36 Å². The van der Waals surface area contributed by atoms with E-state index < -0.39 is 11.5 Å². The van der Waals surface area contributed by atoms with Crippen LogP contribution in [0, 0.1) is 5.41 Å². The smallest absolute Gasteiger partial charge is 0.328 e. The molecule has 0 amide bonds. The van der Waals surface area contributed by atoms with Gasteiger partial charge < -0.3 is 10.1 Å². The summed E-state index contributed by atoms with van der Waals surface area (Å²) in [5, 5.41) is 3.41. The number of rotatable bonds is 7. The number of carbonyl (C=O) groups excluding carboxylic acids is 2. The molecule has 3 aromatic rings. The molecule has 1 N–H and O–H groups in total. The lowest BCUT2D eigenvalue weighted by Crippen LogP contribution is -2.52. The lowest BCUT2D eigenvalue weighted by Gasteiger charge is -2.44. The van der Waals surface area contributed by atoms with E-state index >= 15 is 0 Å². The number of esters is 1. The Morgan fingerprint density at radius 2 is 1.86 bits per heavy atom. The Morgan fingerprint density at radius 3 is 2.51 bits per heavy atom. The SMILES string of the molecule is CCOC(=O)[C@H](Cc1ccc(-n2c(C(C)(C)C)nc3cccnc32)cc1)NC1=CC(=O)C12CCCCC2. The fourth-order valence-electron chi connectivity index (χ4n) is 5.61. The normalized spacial score (nSPS) is 17.8. The van der Waals surface area contributed by atoms with Crippen LogP contribution >= 0.6 is 0 Å². The van der Waals surface area contributed by atoms with Gasteiger partial charge in [-0.25, -0.2) is 14.8 Å². The number of nitrogens with zero attached hydrogens (tertiary/aromatic N) is 3. The van der Waals surface area contributed by atoms with Crippen LogP contribution in [0.25, 0.3) is 16.9 Å². The average molecular weight is 501 g/mol. The number of nitrogens with one attached hydrogen (secondary N) is 1. The van der Waals surface area contributed by atoms with Crippen molar-refractivity contribution in [1.29, 1.82) is 0 Å². The van der Waals surface area contributed by atoms with Gasteiger partial charge in [0, 0.05) is 35.5 Å². The number of fused-ring (bicyclic) bond motifs is 1. The highest BCUT2D eigenvalue weighted by Crippen LogP contribution is 2.48. The van der Waals surface area contributed by atoms with Crippen molar-refractivity contribution in [3.63, 3.8) is 0 Å². The van der Waals surface area contributed by atoms with Gasteiger partial charge in [0.25, 0.3) is 0 Å². The molecule has 2 aliphatic rings. The number of ether oxygens (including phenoxy) is 1. The number of carbonyl (C=O) groups is 2. The van der Waals surface area contributed by atoms with Crippen molar-refractivity contribution >= 4 is 22.9 Å². The van der Waals surface area contributed by atoms with E-state index in [0.29, 0.717) is 13.0 Å². The van der Waals surface area contributed by atoms with E-state index in [-0.39, 0.29) is 17.2 Å². The maximum atomic E-state index is 12.9. The van der Waals surface area contributed by atoms with Crippen molar-refractivity contribution in [2.75, 3.05) is 6.61 Å². The molecule has 0 radical (unpaired) electrons. The minimum Gasteiger partial charge on any atom is -0.464 e.